The quantitative estimate of drug-likeness (QED) is 0.636. The molecule has 0 unspecified atom stereocenters. The van der Waals surface area contributed by atoms with Gasteiger partial charge in [0.15, 0.2) is 5.01 Å². The fourth-order valence-corrected chi connectivity index (χ4v) is 5.02. The second-order valence-corrected chi connectivity index (χ2v) is 7.70. The van der Waals surface area contributed by atoms with Gasteiger partial charge in [0.05, 0.1) is 11.5 Å². The van der Waals surface area contributed by atoms with Gasteiger partial charge >= 0.3 is 0 Å². The van der Waals surface area contributed by atoms with Gasteiger partial charge in [-0.3, -0.25) is 0 Å². The van der Waals surface area contributed by atoms with Gasteiger partial charge in [0.1, 0.15) is 5.01 Å². The molecule has 0 aliphatic heterocycles. The number of nitrogens with zero attached hydrogens (tertiary/aromatic N) is 2. The van der Waals surface area contributed by atoms with E-state index in [1.807, 2.05) is 0 Å². The summed E-state index contributed by atoms with van der Waals surface area (Å²) in [6.45, 7) is 2.66. The highest BCUT2D eigenvalue weighted by atomic mass is 32.1. The monoisotopic (exact) mass is 339 g/mol. The van der Waals surface area contributed by atoms with Gasteiger partial charge in [-0.05, 0) is 30.5 Å². The molecule has 0 amide bonds. The molecule has 0 spiro atoms. The summed E-state index contributed by atoms with van der Waals surface area (Å²) in [7, 11) is 1.72. The molecule has 3 aromatic heterocycles. The summed E-state index contributed by atoms with van der Waals surface area (Å²) in [6.07, 6.45) is 2.06. The summed E-state index contributed by atoms with van der Waals surface area (Å²) in [5.74, 6) is 0. The average Bonchev–Trinajstić information content (AvgIpc) is 3.16. The predicted molar refractivity (Wildman–Crippen MR) is 91.7 cm³/mol. The van der Waals surface area contributed by atoms with Crippen molar-refractivity contribution < 1.29 is 4.74 Å². The average molecular weight is 340 g/mol. The molecule has 3 rings (SSSR count). The van der Waals surface area contributed by atoms with Crippen LogP contribution >= 0.6 is 34.0 Å². The van der Waals surface area contributed by atoms with E-state index in [4.69, 9.17) is 4.74 Å². The second kappa shape index (κ2) is 7.42. The molecule has 4 nitrogen and oxygen atoms in total. The third kappa shape index (κ3) is 3.87. The number of hydrogen-bond donors (Lipinski definition) is 1. The fraction of sp³-hybridized carbons (Fsp3) is 0.429. The molecule has 0 bridgehead atoms. The number of hydrogen-bond acceptors (Lipinski definition) is 7. The molecule has 0 atom stereocenters. The SMILES string of the molecule is COCCNCCCc1nnc(-c2cc3sccc3s2)s1. The molecule has 7 heteroatoms. The van der Waals surface area contributed by atoms with Crippen molar-refractivity contribution in [2.75, 3.05) is 26.8 Å². The summed E-state index contributed by atoms with van der Waals surface area (Å²) >= 11 is 5.29. The normalized spacial score (nSPS) is 11.5. The summed E-state index contributed by atoms with van der Waals surface area (Å²) in [5.41, 5.74) is 0. The maximum absolute atomic E-state index is 5.00. The number of rotatable bonds is 8. The topological polar surface area (TPSA) is 47.0 Å². The first-order valence-electron chi connectivity index (χ1n) is 6.86. The molecule has 0 radical (unpaired) electrons. The Kier molecular flexibility index (Phi) is 5.32. The zero-order chi connectivity index (χ0) is 14.5. The van der Waals surface area contributed by atoms with Crippen molar-refractivity contribution in [1.82, 2.24) is 15.5 Å². The highest BCUT2D eigenvalue weighted by Crippen LogP contribution is 2.37. The van der Waals surface area contributed by atoms with Gasteiger partial charge in [-0.2, -0.15) is 0 Å². The Labute approximate surface area is 135 Å². The maximum Gasteiger partial charge on any atom is 0.157 e. The Morgan fingerprint density at radius 2 is 2.14 bits per heavy atom. The van der Waals surface area contributed by atoms with Crippen LogP contribution in [0.2, 0.25) is 0 Å². The van der Waals surface area contributed by atoms with Crippen LogP contribution in [0.25, 0.3) is 19.3 Å². The predicted octanol–water partition coefficient (Wildman–Crippen LogP) is 3.65. The standard InChI is InChI=1S/C14H17N3OS3/c1-18-7-6-15-5-2-3-13-16-17-14(21-13)12-9-11-10(20-12)4-8-19-11/h4,8-9,15H,2-3,5-7H2,1H3. The lowest BCUT2D eigenvalue weighted by atomic mass is 10.3. The fourth-order valence-electron chi connectivity index (χ4n) is 1.99. The summed E-state index contributed by atoms with van der Waals surface area (Å²) in [6, 6.07) is 4.39. The minimum absolute atomic E-state index is 0.762. The van der Waals surface area contributed by atoms with Crippen LogP contribution in [0.4, 0.5) is 0 Å². The van der Waals surface area contributed by atoms with Gasteiger partial charge in [0, 0.05) is 29.5 Å². The Hall–Kier alpha value is -0.860. The van der Waals surface area contributed by atoms with Crippen LogP contribution in [0.5, 0.6) is 0 Å². The Morgan fingerprint density at radius 1 is 1.19 bits per heavy atom. The van der Waals surface area contributed by atoms with Crippen molar-refractivity contribution in [2.45, 2.75) is 12.8 Å². The minimum Gasteiger partial charge on any atom is -0.383 e. The molecule has 0 saturated heterocycles. The number of aromatic nitrogens is 2. The van der Waals surface area contributed by atoms with Gasteiger partial charge in [0.25, 0.3) is 0 Å². The van der Waals surface area contributed by atoms with E-state index >= 15 is 0 Å². The molecular formula is C14H17N3OS3. The molecule has 0 saturated carbocycles. The van der Waals surface area contributed by atoms with Crippen LogP contribution < -0.4 is 5.32 Å². The lowest BCUT2D eigenvalue weighted by Crippen LogP contribution is -2.20. The van der Waals surface area contributed by atoms with Crippen LogP contribution in [0.1, 0.15) is 11.4 Å². The first-order chi connectivity index (χ1) is 10.4. The van der Waals surface area contributed by atoms with Gasteiger partial charge in [-0.1, -0.05) is 11.3 Å². The Morgan fingerprint density at radius 3 is 3.00 bits per heavy atom. The lowest BCUT2D eigenvalue weighted by Gasteiger charge is -2.01. The molecule has 0 aromatic carbocycles. The van der Waals surface area contributed by atoms with E-state index in [0.717, 1.165) is 42.6 Å². The van der Waals surface area contributed by atoms with Gasteiger partial charge in [-0.15, -0.1) is 32.9 Å². The molecule has 21 heavy (non-hydrogen) atoms. The highest BCUT2D eigenvalue weighted by molar-refractivity contribution is 7.30. The molecule has 0 aliphatic carbocycles. The van der Waals surface area contributed by atoms with Crippen LogP contribution in [0, 0.1) is 0 Å². The molecule has 0 fully saturated rings. The minimum atomic E-state index is 0.762. The molecular weight excluding hydrogens is 322 g/mol. The van der Waals surface area contributed by atoms with E-state index in [1.54, 1.807) is 41.1 Å². The van der Waals surface area contributed by atoms with E-state index in [2.05, 4.69) is 33.0 Å². The zero-order valence-corrected chi connectivity index (χ0v) is 14.2. The van der Waals surface area contributed by atoms with E-state index in [9.17, 15) is 0 Å². The van der Waals surface area contributed by atoms with Crippen molar-refractivity contribution in [2.24, 2.45) is 0 Å². The molecule has 3 heterocycles. The molecule has 112 valence electrons. The van der Waals surface area contributed by atoms with Crippen molar-refractivity contribution in [3.8, 4) is 9.88 Å². The largest absolute Gasteiger partial charge is 0.383 e. The summed E-state index contributed by atoms with van der Waals surface area (Å²) in [4.78, 5) is 1.24. The number of nitrogens with one attached hydrogen (secondary N) is 1. The first-order valence-corrected chi connectivity index (χ1v) is 9.37. The summed E-state index contributed by atoms with van der Waals surface area (Å²) in [5, 5.41) is 16.3. The third-order valence-electron chi connectivity index (χ3n) is 3.04. The molecule has 3 aromatic rings. The van der Waals surface area contributed by atoms with E-state index in [-0.39, 0.29) is 0 Å². The van der Waals surface area contributed by atoms with Crippen LogP contribution in [-0.4, -0.2) is 37.0 Å². The van der Waals surface area contributed by atoms with Crippen molar-refractivity contribution in [1.29, 1.82) is 0 Å². The number of thiophene rings is 2. The van der Waals surface area contributed by atoms with Gasteiger partial charge in [-0.25, -0.2) is 0 Å². The van der Waals surface area contributed by atoms with Gasteiger partial charge < -0.3 is 10.1 Å². The second-order valence-electron chi connectivity index (χ2n) is 4.61. The van der Waals surface area contributed by atoms with E-state index in [1.165, 1.54) is 14.3 Å². The lowest BCUT2D eigenvalue weighted by molar-refractivity contribution is 0.199. The Balaban J connectivity index is 1.53. The number of ether oxygens (including phenoxy) is 1. The number of aryl methyl sites for hydroxylation is 1. The Bertz CT molecular complexity index is 660. The van der Waals surface area contributed by atoms with Crippen molar-refractivity contribution in [3.63, 3.8) is 0 Å². The van der Waals surface area contributed by atoms with Crippen molar-refractivity contribution in [3.05, 3.63) is 22.5 Å². The third-order valence-corrected chi connectivity index (χ3v) is 6.29. The van der Waals surface area contributed by atoms with Gasteiger partial charge in [0.2, 0.25) is 0 Å². The highest BCUT2D eigenvalue weighted by Gasteiger charge is 2.10. The first kappa shape index (κ1) is 15.1. The number of methoxy groups -OCH3 is 1. The number of fused-ring (bicyclic) bond motifs is 1. The molecule has 1 N–H and O–H groups in total. The van der Waals surface area contributed by atoms with Crippen LogP contribution in [0.15, 0.2) is 17.5 Å². The van der Waals surface area contributed by atoms with Crippen molar-refractivity contribution >= 4 is 43.4 Å². The van der Waals surface area contributed by atoms with Crippen LogP contribution in [-0.2, 0) is 11.2 Å². The molecule has 0 aliphatic rings. The van der Waals surface area contributed by atoms with Crippen LogP contribution in [0.3, 0.4) is 0 Å². The zero-order valence-electron chi connectivity index (χ0n) is 11.8. The van der Waals surface area contributed by atoms with E-state index in [0.29, 0.717) is 0 Å². The smallest absolute Gasteiger partial charge is 0.157 e. The van der Waals surface area contributed by atoms with E-state index < -0.39 is 0 Å². The summed E-state index contributed by atoms with van der Waals surface area (Å²) < 4.78 is 7.68. The maximum atomic E-state index is 5.00.